The molecule has 0 bridgehead atoms. The fourth-order valence-corrected chi connectivity index (χ4v) is 2.77. The number of halogens is 1. The van der Waals surface area contributed by atoms with Crippen molar-refractivity contribution in [2.24, 2.45) is 0 Å². The predicted octanol–water partition coefficient (Wildman–Crippen LogP) is 2.39. The molecular formula is C19H30ClN3O2. The van der Waals surface area contributed by atoms with E-state index >= 15 is 0 Å². The molecule has 1 fully saturated rings. The fraction of sp³-hybridized carbons (Fsp3) is 0.579. The van der Waals surface area contributed by atoms with Crippen molar-refractivity contribution in [2.45, 2.75) is 51.5 Å². The minimum absolute atomic E-state index is 0. The van der Waals surface area contributed by atoms with Crippen molar-refractivity contribution in [1.82, 2.24) is 16.0 Å². The van der Waals surface area contributed by atoms with Gasteiger partial charge in [0.2, 0.25) is 5.91 Å². The first-order chi connectivity index (χ1) is 11.4. The second-order valence-electron chi connectivity index (χ2n) is 7.43. The molecule has 0 aromatic heterocycles. The molecule has 0 aliphatic carbocycles. The molecule has 1 atom stereocenters. The van der Waals surface area contributed by atoms with E-state index in [2.05, 4.69) is 36.7 Å². The van der Waals surface area contributed by atoms with Crippen molar-refractivity contribution in [3.8, 4) is 0 Å². The van der Waals surface area contributed by atoms with Crippen LogP contribution >= 0.6 is 12.4 Å². The van der Waals surface area contributed by atoms with Crippen LogP contribution in [0, 0.1) is 0 Å². The molecule has 1 aliphatic rings. The number of rotatable bonds is 6. The second kappa shape index (κ2) is 9.78. The van der Waals surface area contributed by atoms with Gasteiger partial charge in [0.05, 0.1) is 0 Å². The van der Waals surface area contributed by atoms with Gasteiger partial charge in [0.15, 0.2) is 0 Å². The van der Waals surface area contributed by atoms with E-state index in [0.717, 1.165) is 13.0 Å². The van der Waals surface area contributed by atoms with E-state index in [0.29, 0.717) is 31.1 Å². The van der Waals surface area contributed by atoms with Gasteiger partial charge in [0.1, 0.15) is 0 Å². The minimum atomic E-state index is -0.138. The molecule has 1 saturated heterocycles. The van der Waals surface area contributed by atoms with Crippen molar-refractivity contribution >= 4 is 24.2 Å². The number of carbonyl (C=O) groups excluding carboxylic acids is 2. The summed E-state index contributed by atoms with van der Waals surface area (Å²) in [5.74, 6) is -0.159. The quantitative estimate of drug-likeness (QED) is 0.723. The van der Waals surface area contributed by atoms with Crippen molar-refractivity contribution < 1.29 is 9.59 Å². The van der Waals surface area contributed by atoms with Crippen LogP contribution < -0.4 is 16.0 Å². The van der Waals surface area contributed by atoms with E-state index in [-0.39, 0.29) is 29.6 Å². The summed E-state index contributed by atoms with van der Waals surface area (Å²) in [6.07, 6.45) is 2.59. The van der Waals surface area contributed by atoms with Crippen LogP contribution in [0.2, 0.25) is 0 Å². The maximum absolute atomic E-state index is 12.1. The summed E-state index contributed by atoms with van der Waals surface area (Å²) < 4.78 is 0. The van der Waals surface area contributed by atoms with Gasteiger partial charge in [-0.3, -0.25) is 9.59 Å². The van der Waals surface area contributed by atoms with Gasteiger partial charge >= 0.3 is 0 Å². The van der Waals surface area contributed by atoms with E-state index in [1.54, 1.807) is 0 Å². The minimum Gasteiger partial charge on any atom is -0.354 e. The van der Waals surface area contributed by atoms with Gasteiger partial charge in [-0.1, -0.05) is 32.9 Å². The highest BCUT2D eigenvalue weighted by Gasteiger charge is 2.15. The SMILES string of the molecule is CC(C)(C)c1ccc(C(=O)NCCC(=O)NCC2CCCN2)cc1.Cl. The molecule has 0 spiro atoms. The Balaban J connectivity index is 0.00000312. The van der Waals surface area contributed by atoms with E-state index in [1.165, 1.54) is 12.0 Å². The molecule has 2 amide bonds. The molecule has 6 heteroatoms. The Bertz CT molecular complexity index is 561. The molecule has 1 aliphatic heterocycles. The third kappa shape index (κ3) is 7.04. The van der Waals surface area contributed by atoms with Crippen molar-refractivity contribution in [3.05, 3.63) is 35.4 Å². The van der Waals surface area contributed by atoms with E-state index in [9.17, 15) is 9.59 Å². The van der Waals surface area contributed by atoms with Gasteiger partial charge in [0.25, 0.3) is 5.91 Å². The highest BCUT2D eigenvalue weighted by molar-refractivity contribution is 5.94. The predicted molar refractivity (Wildman–Crippen MR) is 103 cm³/mol. The molecule has 1 heterocycles. The van der Waals surface area contributed by atoms with Crippen LogP contribution in [-0.4, -0.2) is 37.5 Å². The number of carbonyl (C=O) groups is 2. The van der Waals surface area contributed by atoms with E-state index in [1.807, 2.05) is 24.3 Å². The summed E-state index contributed by atoms with van der Waals surface area (Å²) in [4.78, 5) is 23.9. The maximum Gasteiger partial charge on any atom is 0.251 e. The topological polar surface area (TPSA) is 70.2 Å². The zero-order valence-electron chi connectivity index (χ0n) is 15.4. The summed E-state index contributed by atoms with van der Waals surface area (Å²) in [5, 5.41) is 9.05. The Morgan fingerprint density at radius 2 is 1.84 bits per heavy atom. The summed E-state index contributed by atoms with van der Waals surface area (Å²) >= 11 is 0. The summed E-state index contributed by atoms with van der Waals surface area (Å²) in [7, 11) is 0. The lowest BCUT2D eigenvalue weighted by Crippen LogP contribution is -2.38. The van der Waals surface area contributed by atoms with Gasteiger partial charge in [-0.05, 0) is 42.5 Å². The van der Waals surface area contributed by atoms with E-state index in [4.69, 9.17) is 0 Å². The molecule has 0 saturated carbocycles. The average Bonchev–Trinajstić information content (AvgIpc) is 3.05. The van der Waals surface area contributed by atoms with Gasteiger partial charge in [-0.15, -0.1) is 12.4 Å². The number of amides is 2. The molecule has 2 rings (SSSR count). The van der Waals surface area contributed by atoms with Crippen LogP contribution in [0.25, 0.3) is 0 Å². The van der Waals surface area contributed by atoms with Crippen molar-refractivity contribution in [1.29, 1.82) is 0 Å². The third-order valence-corrected chi connectivity index (χ3v) is 4.36. The van der Waals surface area contributed by atoms with Crippen LogP contribution in [0.4, 0.5) is 0 Å². The third-order valence-electron chi connectivity index (χ3n) is 4.36. The van der Waals surface area contributed by atoms with Crippen LogP contribution in [0.5, 0.6) is 0 Å². The second-order valence-corrected chi connectivity index (χ2v) is 7.43. The Morgan fingerprint density at radius 3 is 2.40 bits per heavy atom. The van der Waals surface area contributed by atoms with Gasteiger partial charge < -0.3 is 16.0 Å². The number of hydrogen-bond donors (Lipinski definition) is 3. The highest BCUT2D eigenvalue weighted by Crippen LogP contribution is 2.22. The zero-order chi connectivity index (χ0) is 17.6. The lowest BCUT2D eigenvalue weighted by Gasteiger charge is -2.19. The fourth-order valence-electron chi connectivity index (χ4n) is 2.77. The van der Waals surface area contributed by atoms with Gasteiger partial charge in [-0.2, -0.15) is 0 Å². The zero-order valence-corrected chi connectivity index (χ0v) is 16.2. The first-order valence-corrected chi connectivity index (χ1v) is 8.75. The number of hydrogen-bond acceptors (Lipinski definition) is 3. The van der Waals surface area contributed by atoms with Crippen molar-refractivity contribution in [3.63, 3.8) is 0 Å². The molecule has 25 heavy (non-hydrogen) atoms. The number of benzene rings is 1. The molecule has 5 nitrogen and oxygen atoms in total. The molecule has 1 unspecified atom stereocenters. The maximum atomic E-state index is 12.1. The lowest BCUT2D eigenvalue weighted by atomic mass is 9.87. The van der Waals surface area contributed by atoms with Gasteiger partial charge in [-0.25, -0.2) is 0 Å². The normalized spacial score (nSPS) is 16.8. The first kappa shape index (κ1) is 21.5. The van der Waals surface area contributed by atoms with E-state index < -0.39 is 0 Å². The molecule has 140 valence electrons. The summed E-state index contributed by atoms with van der Waals surface area (Å²) in [6, 6.07) is 8.03. The lowest BCUT2D eigenvalue weighted by molar-refractivity contribution is -0.121. The number of nitrogens with one attached hydrogen (secondary N) is 3. The Kier molecular flexibility index (Phi) is 8.39. The Labute approximate surface area is 156 Å². The molecule has 3 N–H and O–H groups in total. The largest absolute Gasteiger partial charge is 0.354 e. The summed E-state index contributed by atoms with van der Waals surface area (Å²) in [5.41, 5.74) is 1.89. The molecule has 0 radical (unpaired) electrons. The van der Waals surface area contributed by atoms with Crippen LogP contribution in [0.3, 0.4) is 0 Å². The average molecular weight is 368 g/mol. The standard InChI is InChI=1S/C19H29N3O2.ClH/c1-19(2,3)15-8-6-14(7-9-15)18(24)21-12-10-17(23)22-13-16-5-4-11-20-16;/h6-9,16,20H,4-5,10-13H2,1-3H3,(H,21,24)(H,22,23);1H. The first-order valence-electron chi connectivity index (χ1n) is 8.75. The van der Waals surface area contributed by atoms with Crippen LogP contribution in [0.1, 0.15) is 56.0 Å². The smallest absolute Gasteiger partial charge is 0.251 e. The van der Waals surface area contributed by atoms with Crippen molar-refractivity contribution in [2.75, 3.05) is 19.6 Å². The molecule has 1 aromatic carbocycles. The Hall–Kier alpha value is -1.59. The van der Waals surface area contributed by atoms with Crippen LogP contribution in [0.15, 0.2) is 24.3 Å². The molecular weight excluding hydrogens is 338 g/mol. The monoisotopic (exact) mass is 367 g/mol. The summed E-state index contributed by atoms with van der Waals surface area (Å²) in [6.45, 7) is 8.47. The van der Waals surface area contributed by atoms with Crippen LogP contribution in [-0.2, 0) is 10.2 Å². The Morgan fingerprint density at radius 1 is 1.16 bits per heavy atom. The van der Waals surface area contributed by atoms with Gasteiger partial charge in [0, 0.05) is 31.1 Å². The highest BCUT2D eigenvalue weighted by atomic mass is 35.5. The molecule has 1 aromatic rings.